The molecule has 0 saturated carbocycles. The van der Waals surface area contributed by atoms with Crippen molar-refractivity contribution < 1.29 is 4.92 Å². The summed E-state index contributed by atoms with van der Waals surface area (Å²) in [5.74, 6) is 0. The van der Waals surface area contributed by atoms with E-state index in [1.807, 2.05) is 13.1 Å². The highest BCUT2D eigenvalue weighted by atomic mass is 32.1. The van der Waals surface area contributed by atoms with Gasteiger partial charge in [0.2, 0.25) is 0 Å². The van der Waals surface area contributed by atoms with Gasteiger partial charge in [-0.2, -0.15) is 0 Å². The maximum Gasteiger partial charge on any atom is 0.273 e. The second-order valence-corrected chi connectivity index (χ2v) is 4.81. The van der Waals surface area contributed by atoms with Crippen LogP contribution in [0, 0.1) is 10.1 Å². The molecule has 18 heavy (non-hydrogen) atoms. The molecule has 6 heteroatoms. The van der Waals surface area contributed by atoms with E-state index in [2.05, 4.69) is 10.3 Å². The number of nitro benzene ring substituents is 1. The number of nitrogens with one attached hydrogen (secondary N) is 1. The van der Waals surface area contributed by atoms with Crippen LogP contribution in [0.5, 0.6) is 0 Å². The molecule has 5 nitrogen and oxygen atoms in total. The first kappa shape index (κ1) is 12.7. The number of thiazole rings is 1. The molecule has 0 radical (unpaired) electrons. The van der Waals surface area contributed by atoms with E-state index in [1.54, 1.807) is 35.0 Å². The van der Waals surface area contributed by atoms with Crippen LogP contribution in [-0.4, -0.2) is 9.91 Å². The summed E-state index contributed by atoms with van der Waals surface area (Å²) >= 11 is 1.57. The van der Waals surface area contributed by atoms with E-state index < -0.39 is 0 Å². The Labute approximate surface area is 109 Å². The first-order valence-electron chi connectivity index (χ1n) is 5.52. The van der Waals surface area contributed by atoms with Gasteiger partial charge in [0.05, 0.1) is 10.4 Å². The summed E-state index contributed by atoms with van der Waals surface area (Å²) in [7, 11) is 0. The van der Waals surface area contributed by atoms with Gasteiger partial charge in [0.1, 0.15) is 0 Å². The summed E-state index contributed by atoms with van der Waals surface area (Å²) in [5.41, 5.74) is 2.62. The van der Waals surface area contributed by atoms with Crippen molar-refractivity contribution in [3.05, 3.63) is 56.5 Å². The Morgan fingerprint density at radius 1 is 1.50 bits per heavy atom. The van der Waals surface area contributed by atoms with Crippen LogP contribution < -0.4 is 5.32 Å². The number of hydrogen-bond donors (Lipinski definition) is 1. The zero-order valence-electron chi connectivity index (χ0n) is 9.87. The average Bonchev–Trinajstić information content (AvgIpc) is 2.90. The van der Waals surface area contributed by atoms with Gasteiger partial charge >= 0.3 is 0 Å². The van der Waals surface area contributed by atoms with Gasteiger partial charge in [-0.25, -0.2) is 0 Å². The Morgan fingerprint density at radius 3 is 2.94 bits per heavy atom. The van der Waals surface area contributed by atoms with Gasteiger partial charge in [0.25, 0.3) is 5.69 Å². The fraction of sp³-hybridized carbons (Fsp3) is 0.250. The van der Waals surface area contributed by atoms with Crippen molar-refractivity contribution in [1.29, 1.82) is 0 Å². The molecule has 1 unspecified atom stereocenters. The van der Waals surface area contributed by atoms with Gasteiger partial charge in [-0.15, -0.1) is 11.3 Å². The van der Waals surface area contributed by atoms with Crippen LogP contribution in [-0.2, 0) is 6.54 Å². The van der Waals surface area contributed by atoms with E-state index in [0.29, 0.717) is 12.1 Å². The highest BCUT2D eigenvalue weighted by Gasteiger charge is 2.13. The van der Waals surface area contributed by atoms with Crippen molar-refractivity contribution in [2.45, 2.75) is 19.5 Å². The number of nitrogens with zero attached hydrogens (tertiary/aromatic N) is 2. The van der Waals surface area contributed by atoms with Crippen LogP contribution >= 0.6 is 11.3 Å². The second-order valence-electron chi connectivity index (χ2n) is 3.89. The largest absolute Gasteiger partial charge is 0.305 e. The van der Waals surface area contributed by atoms with E-state index in [0.717, 1.165) is 4.88 Å². The monoisotopic (exact) mass is 263 g/mol. The Morgan fingerprint density at radius 2 is 2.28 bits per heavy atom. The molecule has 0 amide bonds. The van der Waals surface area contributed by atoms with Crippen molar-refractivity contribution >= 4 is 17.0 Å². The summed E-state index contributed by atoms with van der Waals surface area (Å²) in [6.45, 7) is 2.48. The molecule has 1 aromatic heterocycles. The Bertz CT molecular complexity index is 528. The lowest BCUT2D eigenvalue weighted by Gasteiger charge is -2.11. The fourth-order valence-electron chi connectivity index (χ4n) is 1.64. The van der Waals surface area contributed by atoms with Gasteiger partial charge in [0.15, 0.2) is 0 Å². The van der Waals surface area contributed by atoms with Crippen LogP contribution in [0.15, 0.2) is 36.0 Å². The minimum Gasteiger partial charge on any atom is -0.305 e. The number of benzene rings is 1. The molecule has 0 aliphatic heterocycles. The Hall–Kier alpha value is -1.79. The SMILES string of the molecule is CC(NCc1ccccc1[N+](=O)[O-])c1cncs1. The predicted molar refractivity (Wildman–Crippen MR) is 70.5 cm³/mol. The molecule has 0 fully saturated rings. The molecule has 1 heterocycles. The lowest BCUT2D eigenvalue weighted by atomic mass is 10.1. The highest BCUT2D eigenvalue weighted by molar-refractivity contribution is 7.09. The predicted octanol–water partition coefficient (Wildman–Crippen LogP) is 2.90. The van der Waals surface area contributed by atoms with Gasteiger partial charge < -0.3 is 5.32 Å². The lowest BCUT2D eigenvalue weighted by molar-refractivity contribution is -0.385. The molecule has 2 rings (SSSR count). The Kier molecular flexibility index (Phi) is 4.01. The molecule has 1 atom stereocenters. The number of hydrogen-bond acceptors (Lipinski definition) is 5. The molecule has 0 saturated heterocycles. The molecule has 0 aliphatic carbocycles. The van der Waals surface area contributed by atoms with Crippen LogP contribution in [0.25, 0.3) is 0 Å². The second kappa shape index (κ2) is 5.70. The van der Waals surface area contributed by atoms with Crippen molar-refractivity contribution in [1.82, 2.24) is 10.3 Å². The summed E-state index contributed by atoms with van der Waals surface area (Å²) in [6, 6.07) is 6.91. The number of rotatable bonds is 5. The normalized spacial score (nSPS) is 12.3. The average molecular weight is 263 g/mol. The van der Waals surface area contributed by atoms with Crippen molar-refractivity contribution in [2.75, 3.05) is 0 Å². The van der Waals surface area contributed by atoms with Gasteiger partial charge in [0, 0.05) is 35.3 Å². The summed E-state index contributed by atoms with van der Waals surface area (Å²) < 4.78 is 0. The zero-order valence-corrected chi connectivity index (χ0v) is 10.7. The van der Waals surface area contributed by atoms with Crippen LogP contribution in [0.3, 0.4) is 0 Å². The van der Waals surface area contributed by atoms with Crippen LogP contribution in [0.1, 0.15) is 23.4 Å². The molecule has 1 aromatic carbocycles. The van der Waals surface area contributed by atoms with Crippen LogP contribution in [0.2, 0.25) is 0 Å². The molecule has 0 aliphatic rings. The quantitative estimate of drug-likeness (QED) is 0.665. The van der Waals surface area contributed by atoms with E-state index in [9.17, 15) is 10.1 Å². The molecule has 2 aromatic rings. The maximum atomic E-state index is 10.9. The molecule has 94 valence electrons. The van der Waals surface area contributed by atoms with Gasteiger partial charge in [-0.05, 0) is 6.92 Å². The van der Waals surface area contributed by atoms with Crippen molar-refractivity contribution in [3.8, 4) is 0 Å². The zero-order chi connectivity index (χ0) is 13.0. The van der Waals surface area contributed by atoms with E-state index in [-0.39, 0.29) is 16.7 Å². The molecular formula is C12H13N3O2S. The molecular weight excluding hydrogens is 250 g/mol. The molecule has 0 bridgehead atoms. The first-order chi connectivity index (χ1) is 8.68. The molecule has 0 spiro atoms. The minimum absolute atomic E-state index is 0.136. The number of para-hydroxylation sites is 1. The summed E-state index contributed by atoms with van der Waals surface area (Å²) in [4.78, 5) is 15.6. The third-order valence-corrected chi connectivity index (χ3v) is 3.62. The van der Waals surface area contributed by atoms with E-state index >= 15 is 0 Å². The van der Waals surface area contributed by atoms with Crippen LogP contribution in [0.4, 0.5) is 5.69 Å². The standard InChI is InChI=1S/C12H13N3O2S/c1-9(12-7-13-8-18-12)14-6-10-4-2-3-5-11(10)15(16)17/h2-5,7-9,14H,6H2,1H3. The maximum absolute atomic E-state index is 10.9. The third-order valence-electron chi connectivity index (χ3n) is 2.67. The number of nitro groups is 1. The third kappa shape index (κ3) is 2.91. The van der Waals surface area contributed by atoms with Gasteiger partial charge in [-0.1, -0.05) is 18.2 Å². The lowest BCUT2D eigenvalue weighted by Crippen LogP contribution is -2.17. The first-order valence-corrected chi connectivity index (χ1v) is 6.40. The molecule has 1 N–H and O–H groups in total. The van der Waals surface area contributed by atoms with Crippen molar-refractivity contribution in [2.24, 2.45) is 0 Å². The summed E-state index contributed by atoms with van der Waals surface area (Å²) in [5, 5.41) is 14.1. The summed E-state index contributed by atoms with van der Waals surface area (Å²) in [6.07, 6.45) is 1.81. The number of aromatic nitrogens is 1. The Balaban J connectivity index is 2.04. The van der Waals surface area contributed by atoms with E-state index in [1.165, 1.54) is 6.07 Å². The fourth-order valence-corrected chi connectivity index (χ4v) is 2.29. The highest BCUT2D eigenvalue weighted by Crippen LogP contribution is 2.20. The smallest absolute Gasteiger partial charge is 0.273 e. The van der Waals surface area contributed by atoms with Crippen molar-refractivity contribution in [3.63, 3.8) is 0 Å². The van der Waals surface area contributed by atoms with E-state index in [4.69, 9.17) is 0 Å². The minimum atomic E-state index is -0.353. The topological polar surface area (TPSA) is 68.1 Å². The van der Waals surface area contributed by atoms with Gasteiger partial charge in [-0.3, -0.25) is 15.1 Å².